The first-order valence-electron chi connectivity index (χ1n) is 6.20. The highest BCUT2D eigenvalue weighted by Crippen LogP contribution is 2.35. The van der Waals surface area contributed by atoms with Gasteiger partial charge in [-0.05, 0) is 29.9 Å². The molecule has 3 atom stereocenters. The van der Waals surface area contributed by atoms with Crippen molar-refractivity contribution >= 4 is 11.6 Å². The zero-order chi connectivity index (χ0) is 12.4. The molecule has 2 rings (SSSR count). The molecule has 1 saturated carbocycles. The third-order valence-electron chi connectivity index (χ3n) is 3.88. The van der Waals surface area contributed by atoms with E-state index in [1.165, 1.54) is 18.9 Å². The standard InChI is InChI=1S/C14H18ClFO/c1-9-4-2-6-11(9)13(17)8-10-5-3-7-12(15)14(10)16/h3,5,7,9,11,13,17H,2,4,6,8H2,1H3. The van der Waals surface area contributed by atoms with E-state index in [9.17, 15) is 9.50 Å². The molecular formula is C14H18ClFO. The molecule has 0 aliphatic heterocycles. The first-order valence-corrected chi connectivity index (χ1v) is 6.58. The van der Waals surface area contributed by atoms with Crippen LogP contribution in [0.4, 0.5) is 4.39 Å². The summed E-state index contributed by atoms with van der Waals surface area (Å²) in [5, 5.41) is 10.3. The highest BCUT2D eigenvalue weighted by atomic mass is 35.5. The van der Waals surface area contributed by atoms with E-state index >= 15 is 0 Å². The predicted molar refractivity (Wildman–Crippen MR) is 67.6 cm³/mol. The maximum atomic E-state index is 13.7. The molecule has 1 aromatic carbocycles. The van der Waals surface area contributed by atoms with Crippen molar-refractivity contribution in [3.05, 3.63) is 34.6 Å². The van der Waals surface area contributed by atoms with Crippen LogP contribution in [0.2, 0.25) is 5.02 Å². The summed E-state index contributed by atoms with van der Waals surface area (Å²) in [7, 11) is 0. The van der Waals surface area contributed by atoms with Crippen LogP contribution in [0, 0.1) is 17.7 Å². The minimum atomic E-state index is -0.458. The summed E-state index contributed by atoms with van der Waals surface area (Å²) in [4.78, 5) is 0. The summed E-state index contributed by atoms with van der Waals surface area (Å²) in [6.45, 7) is 2.16. The topological polar surface area (TPSA) is 20.2 Å². The highest BCUT2D eigenvalue weighted by molar-refractivity contribution is 6.30. The van der Waals surface area contributed by atoms with Gasteiger partial charge in [0.2, 0.25) is 0 Å². The maximum Gasteiger partial charge on any atom is 0.145 e. The van der Waals surface area contributed by atoms with Crippen LogP contribution in [0.1, 0.15) is 31.7 Å². The monoisotopic (exact) mass is 256 g/mol. The van der Waals surface area contributed by atoms with Gasteiger partial charge in [0.05, 0.1) is 11.1 Å². The molecule has 1 N–H and O–H groups in total. The minimum absolute atomic E-state index is 0.133. The summed E-state index contributed by atoms with van der Waals surface area (Å²) in [6, 6.07) is 4.96. The lowest BCUT2D eigenvalue weighted by Gasteiger charge is -2.22. The molecule has 0 radical (unpaired) electrons. The van der Waals surface area contributed by atoms with E-state index in [2.05, 4.69) is 6.92 Å². The summed E-state index contributed by atoms with van der Waals surface area (Å²) >= 11 is 5.73. The lowest BCUT2D eigenvalue weighted by Crippen LogP contribution is -2.25. The smallest absolute Gasteiger partial charge is 0.145 e. The quantitative estimate of drug-likeness (QED) is 0.872. The Bertz CT molecular complexity index is 394. The lowest BCUT2D eigenvalue weighted by atomic mass is 9.88. The Kier molecular flexibility index (Phi) is 4.05. The van der Waals surface area contributed by atoms with Crippen molar-refractivity contribution in [2.45, 2.75) is 38.7 Å². The molecule has 1 fully saturated rings. The van der Waals surface area contributed by atoms with Gasteiger partial charge in [0.15, 0.2) is 0 Å². The Hall–Kier alpha value is -0.600. The molecule has 0 bridgehead atoms. The molecule has 3 heteroatoms. The summed E-state index contributed by atoms with van der Waals surface area (Å²) in [5.41, 5.74) is 0.518. The van der Waals surface area contributed by atoms with Gasteiger partial charge in [0.25, 0.3) is 0 Å². The van der Waals surface area contributed by atoms with Gasteiger partial charge in [-0.3, -0.25) is 0 Å². The fourth-order valence-electron chi connectivity index (χ4n) is 2.83. The van der Waals surface area contributed by atoms with E-state index in [-0.39, 0.29) is 10.8 Å². The summed E-state index contributed by atoms with van der Waals surface area (Å²) in [5.74, 6) is 0.444. The average molecular weight is 257 g/mol. The van der Waals surface area contributed by atoms with Crippen molar-refractivity contribution in [3.63, 3.8) is 0 Å². The number of halogens is 2. The molecule has 0 amide bonds. The minimum Gasteiger partial charge on any atom is -0.392 e. The van der Waals surface area contributed by atoms with Crippen molar-refractivity contribution < 1.29 is 9.50 Å². The Morgan fingerprint density at radius 3 is 2.88 bits per heavy atom. The van der Waals surface area contributed by atoms with Gasteiger partial charge in [-0.25, -0.2) is 4.39 Å². The molecule has 17 heavy (non-hydrogen) atoms. The molecule has 1 aromatic rings. The van der Waals surface area contributed by atoms with E-state index in [0.29, 0.717) is 23.8 Å². The van der Waals surface area contributed by atoms with Gasteiger partial charge >= 0.3 is 0 Å². The highest BCUT2D eigenvalue weighted by Gasteiger charge is 2.30. The van der Waals surface area contributed by atoms with E-state index < -0.39 is 6.10 Å². The van der Waals surface area contributed by atoms with Crippen LogP contribution in [0.5, 0.6) is 0 Å². The molecule has 1 nitrogen and oxygen atoms in total. The molecule has 1 aliphatic rings. The van der Waals surface area contributed by atoms with Crippen LogP contribution < -0.4 is 0 Å². The number of aliphatic hydroxyl groups is 1. The summed E-state index contributed by atoms with van der Waals surface area (Å²) < 4.78 is 13.7. The van der Waals surface area contributed by atoms with Gasteiger partial charge in [0, 0.05) is 6.42 Å². The first-order chi connectivity index (χ1) is 8.09. The van der Waals surface area contributed by atoms with Crippen LogP contribution >= 0.6 is 11.6 Å². The Balaban J connectivity index is 2.07. The van der Waals surface area contributed by atoms with Crippen LogP contribution in [-0.2, 0) is 6.42 Å². The van der Waals surface area contributed by atoms with Crippen molar-refractivity contribution in [2.24, 2.45) is 11.8 Å². The number of aliphatic hydroxyl groups excluding tert-OH is 1. The fraction of sp³-hybridized carbons (Fsp3) is 0.571. The van der Waals surface area contributed by atoms with Gasteiger partial charge in [-0.15, -0.1) is 0 Å². The number of benzene rings is 1. The first kappa shape index (κ1) is 12.8. The van der Waals surface area contributed by atoms with Crippen LogP contribution in [-0.4, -0.2) is 11.2 Å². The third kappa shape index (κ3) is 2.80. The van der Waals surface area contributed by atoms with Crippen LogP contribution in [0.25, 0.3) is 0 Å². The molecular weight excluding hydrogens is 239 g/mol. The summed E-state index contributed by atoms with van der Waals surface area (Å²) in [6.07, 6.45) is 3.28. The van der Waals surface area contributed by atoms with Gasteiger partial charge in [-0.2, -0.15) is 0 Å². The van der Waals surface area contributed by atoms with Crippen molar-refractivity contribution in [1.82, 2.24) is 0 Å². The zero-order valence-electron chi connectivity index (χ0n) is 10.00. The van der Waals surface area contributed by atoms with Crippen molar-refractivity contribution in [2.75, 3.05) is 0 Å². The molecule has 0 heterocycles. The second-order valence-electron chi connectivity index (χ2n) is 5.06. The van der Waals surface area contributed by atoms with Crippen LogP contribution in [0.15, 0.2) is 18.2 Å². The fourth-order valence-corrected chi connectivity index (χ4v) is 3.02. The molecule has 3 unspecified atom stereocenters. The number of hydrogen-bond acceptors (Lipinski definition) is 1. The molecule has 94 valence electrons. The molecule has 0 saturated heterocycles. The molecule has 1 aliphatic carbocycles. The Morgan fingerprint density at radius 2 is 2.24 bits per heavy atom. The second-order valence-corrected chi connectivity index (χ2v) is 5.46. The van der Waals surface area contributed by atoms with E-state index in [0.717, 1.165) is 6.42 Å². The number of hydrogen-bond donors (Lipinski definition) is 1. The number of rotatable bonds is 3. The van der Waals surface area contributed by atoms with Crippen molar-refractivity contribution in [3.8, 4) is 0 Å². The van der Waals surface area contributed by atoms with Crippen molar-refractivity contribution in [1.29, 1.82) is 0 Å². The van der Waals surface area contributed by atoms with Crippen LogP contribution in [0.3, 0.4) is 0 Å². The van der Waals surface area contributed by atoms with Gasteiger partial charge in [0.1, 0.15) is 5.82 Å². The Morgan fingerprint density at radius 1 is 1.47 bits per heavy atom. The molecule has 0 aromatic heterocycles. The SMILES string of the molecule is CC1CCCC1C(O)Cc1cccc(Cl)c1F. The van der Waals surface area contributed by atoms with E-state index in [1.54, 1.807) is 12.1 Å². The van der Waals surface area contributed by atoms with Gasteiger partial charge < -0.3 is 5.11 Å². The average Bonchev–Trinajstić information content (AvgIpc) is 2.71. The normalized spacial score (nSPS) is 26.1. The zero-order valence-corrected chi connectivity index (χ0v) is 10.8. The largest absolute Gasteiger partial charge is 0.392 e. The Labute approximate surface area is 107 Å². The van der Waals surface area contributed by atoms with E-state index in [1.807, 2.05) is 0 Å². The lowest BCUT2D eigenvalue weighted by molar-refractivity contribution is 0.0893. The third-order valence-corrected chi connectivity index (χ3v) is 4.17. The maximum absolute atomic E-state index is 13.7. The van der Waals surface area contributed by atoms with Gasteiger partial charge in [-0.1, -0.05) is 43.5 Å². The molecule has 0 spiro atoms. The second kappa shape index (κ2) is 5.36. The van der Waals surface area contributed by atoms with E-state index in [4.69, 9.17) is 11.6 Å². The predicted octanol–water partition coefficient (Wildman–Crippen LogP) is 3.82.